The Bertz CT molecular complexity index is 774. The van der Waals surface area contributed by atoms with Crippen LogP contribution in [0.25, 0.3) is 0 Å². The molecule has 2 rings (SSSR count). The third-order valence-electron chi connectivity index (χ3n) is 3.34. The van der Waals surface area contributed by atoms with Gasteiger partial charge in [-0.05, 0) is 30.7 Å². The van der Waals surface area contributed by atoms with Gasteiger partial charge in [-0.3, -0.25) is 0 Å². The van der Waals surface area contributed by atoms with E-state index in [1.54, 1.807) is 12.1 Å². The molecule has 0 heterocycles. The molecular formula is C18H19ClFIN4. The first-order valence-corrected chi connectivity index (χ1v) is 7.96. The third-order valence-corrected chi connectivity index (χ3v) is 3.71. The lowest BCUT2D eigenvalue weighted by Gasteiger charge is -2.12. The molecule has 0 amide bonds. The van der Waals surface area contributed by atoms with Crippen molar-refractivity contribution < 1.29 is 4.39 Å². The van der Waals surface area contributed by atoms with Gasteiger partial charge in [0, 0.05) is 23.7 Å². The van der Waals surface area contributed by atoms with E-state index in [9.17, 15) is 4.39 Å². The first-order chi connectivity index (χ1) is 11.6. The van der Waals surface area contributed by atoms with Crippen molar-refractivity contribution in [1.29, 1.82) is 5.26 Å². The third kappa shape index (κ3) is 6.52. The van der Waals surface area contributed by atoms with Gasteiger partial charge in [-0.25, -0.2) is 9.38 Å². The maximum Gasteiger partial charge on any atom is 0.191 e. The van der Waals surface area contributed by atoms with Crippen LogP contribution in [-0.4, -0.2) is 12.5 Å². The van der Waals surface area contributed by atoms with Gasteiger partial charge in [-0.1, -0.05) is 35.9 Å². The largest absolute Gasteiger partial charge is 0.357 e. The molecule has 0 spiro atoms. The van der Waals surface area contributed by atoms with Crippen molar-refractivity contribution in [2.75, 3.05) is 6.54 Å². The number of hydrogen-bond donors (Lipinski definition) is 2. The zero-order valence-electron chi connectivity index (χ0n) is 13.7. The van der Waals surface area contributed by atoms with Crippen LogP contribution in [0.1, 0.15) is 23.6 Å². The summed E-state index contributed by atoms with van der Waals surface area (Å²) in [5.41, 5.74) is 1.69. The Balaban J connectivity index is 0.00000312. The summed E-state index contributed by atoms with van der Waals surface area (Å²) in [5, 5.41) is 15.6. The van der Waals surface area contributed by atoms with Gasteiger partial charge in [0.05, 0.1) is 18.2 Å². The second-order valence-electron chi connectivity index (χ2n) is 5.06. The summed E-state index contributed by atoms with van der Waals surface area (Å²) in [6.45, 7) is 3.33. The van der Waals surface area contributed by atoms with Gasteiger partial charge in [0.2, 0.25) is 0 Å². The zero-order valence-corrected chi connectivity index (χ0v) is 16.8. The van der Waals surface area contributed by atoms with Gasteiger partial charge in [0.25, 0.3) is 0 Å². The van der Waals surface area contributed by atoms with Crippen LogP contribution in [0.3, 0.4) is 0 Å². The molecule has 0 bridgehead atoms. The molecule has 0 aliphatic heterocycles. The summed E-state index contributed by atoms with van der Waals surface area (Å²) >= 11 is 6.12. The molecule has 25 heavy (non-hydrogen) atoms. The Morgan fingerprint density at radius 3 is 2.60 bits per heavy atom. The number of nitriles is 1. The van der Waals surface area contributed by atoms with E-state index in [0.717, 1.165) is 5.56 Å². The van der Waals surface area contributed by atoms with Crippen LogP contribution in [-0.2, 0) is 13.1 Å². The van der Waals surface area contributed by atoms with E-state index in [0.29, 0.717) is 35.2 Å². The Morgan fingerprint density at radius 1 is 1.20 bits per heavy atom. The number of guanidine groups is 1. The molecule has 0 atom stereocenters. The van der Waals surface area contributed by atoms with Crippen molar-refractivity contribution in [3.05, 3.63) is 70.0 Å². The molecule has 0 radical (unpaired) electrons. The van der Waals surface area contributed by atoms with Crippen molar-refractivity contribution in [2.24, 2.45) is 4.99 Å². The smallest absolute Gasteiger partial charge is 0.191 e. The number of benzene rings is 2. The average Bonchev–Trinajstić information content (AvgIpc) is 2.59. The highest BCUT2D eigenvalue weighted by molar-refractivity contribution is 14.0. The second-order valence-corrected chi connectivity index (χ2v) is 5.47. The summed E-state index contributed by atoms with van der Waals surface area (Å²) in [7, 11) is 0. The van der Waals surface area contributed by atoms with E-state index >= 15 is 0 Å². The van der Waals surface area contributed by atoms with E-state index in [-0.39, 0.29) is 30.5 Å². The lowest BCUT2D eigenvalue weighted by Crippen LogP contribution is -2.37. The van der Waals surface area contributed by atoms with Crippen LogP contribution < -0.4 is 10.6 Å². The molecule has 7 heteroatoms. The maximum absolute atomic E-state index is 13.9. The van der Waals surface area contributed by atoms with E-state index in [4.69, 9.17) is 16.9 Å². The minimum atomic E-state index is -0.413. The number of halogens is 3. The zero-order chi connectivity index (χ0) is 17.4. The highest BCUT2D eigenvalue weighted by Crippen LogP contribution is 2.15. The van der Waals surface area contributed by atoms with Crippen LogP contribution in [0.15, 0.2) is 47.5 Å². The Morgan fingerprint density at radius 2 is 1.96 bits per heavy atom. The van der Waals surface area contributed by atoms with Gasteiger partial charge in [-0.2, -0.15) is 5.26 Å². The second kappa shape index (κ2) is 10.9. The van der Waals surface area contributed by atoms with Crippen LogP contribution in [0.5, 0.6) is 0 Å². The first kappa shape index (κ1) is 21.2. The predicted octanol–water partition coefficient (Wildman–Crippen LogP) is 4.22. The van der Waals surface area contributed by atoms with E-state index in [2.05, 4.69) is 15.6 Å². The molecule has 0 saturated heterocycles. The number of nitrogens with one attached hydrogen (secondary N) is 2. The summed E-state index contributed by atoms with van der Waals surface area (Å²) in [6.07, 6.45) is 0. The maximum atomic E-state index is 13.9. The Hall–Kier alpha value is -1.85. The van der Waals surface area contributed by atoms with Crippen LogP contribution in [0, 0.1) is 17.1 Å². The summed E-state index contributed by atoms with van der Waals surface area (Å²) in [6, 6.07) is 13.8. The molecule has 0 unspecified atom stereocenters. The lowest BCUT2D eigenvalue weighted by atomic mass is 10.1. The van der Waals surface area contributed by atoms with Crippen molar-refractivity contribution in [2.45, 2.75) is 20.0 Å². The van der Waals surface area contributed by atoms with Gasteiger partial charge in [0.15, 0.2) is 5.96 Å². The van der Waals surface area contributed by atoms with Gasteiger partial charge < -0.3 is 10.6 Å². The Kier molecular flexibility index (Phi) is 9.24. The minimum Gasteiger partial charge on any atom is -0.357 e. The van der Waals surface area contributed by atoms with Crippen LogP contribution in [0.4, 0.5) is 4.39 Å². The topological polar surface area (TPSA) is 60.2 Å². The monoisotopic (exact) mass is 472 g/mol. The molecule has 0 aliphatic rings. The van der Waals surface area contributed by atoms with E-state index < -0.39 is 5.82 Å². The number of hydrogen-bond acceptors (Lipinski definition) is 2. The average molecular weight is 473 g/mol. The first-order valence-electron chi connectivity index (χ1n) is 7.58. The fourth-order valence-corrected chi connectivity index (χ4v) is 2.27. The van der Waals surface area contributed by atoms with Gasteiger partial charge in [0.1, 0.15) is 5.82 Å². The minimum absolute atomic E-state index is 0. The molecule has 2 aromatic carbocycles. The van der Waals surface area contributed by atoms with Gasteiger partial charge in [-0.15, -0.1) is 24.0 Å². The summed E-state index contributed by atoms with van der Waals surface area (Å²) in [5.74, 6) is 0.157. The van der Waals surface area contributed by atoms with Crippen molar-refractivity contribution in [3.63, 3.8) is 0 Å². The molecule has 0 aromatic heterocycles. The van der Waals surface area contributed by atoms with Crippen molar-refractivity contribution in [3.8, 4) is 6.07 Å². The van der Waals surface area contributed by atoms with Crippen molar-refractivity contribution >= 4 is 41.5 Å². The molecule has 0 saturated carbocycles. The normalized spacial score (nSPS) is 10.6. The van der Waals surface area contributed by atoms with Crippen molar-refractivity contribution in [1.82, 2.24) is 10.6 Å². The molecule has 132 valence electrons. The van der Waals surface area contributed by atoms with E-state index in [1.165, 1.54) is 6.07 Å². The van der Waals surface area contributed by atoms with Crippen LogP contribution in [0.2, 0.25) is 5.02 Å². The highest BCUT2D eigenvalue weighted by atomic mass is 127. The molecular weight excluding hydrogens is 454 g/mol. The number of aliphatic imine (C=N–C) groups is 1. The molecule has 0 fully saturated rings. The fraction of sp³-hybridized carbons (Fsp3) is 0.222. The SMILES string of the molecule is CCNC(=NCc1ccccc1Cl)NCc1ccc(C#N)cc1F.I. The molecule has 2 aromatic rings. The lowest BCUT2D eigenvalue weighted by molar-refractivity contribution is 0.604. The quantitative estimate of drug-likeness (QED) is 0.389. The molecule has 0 aliphatic carbocycles. The highest BCUT2D eigenvalue weighted by Gasteiger charge is 2.05. The predicted molar refractivity (Wildman–Crippen MR) is 110 cm³/mol. The molecule has 4 nitrogen and oxygen atoms in total. The van der Waals surface area contributed by atoms with Crippen LogP contribution >= 0.6 is 35.6 Å². The van der Waals surface area contributed by atoms with E-state index in [1.807, 2.05) is 37.3 Å². The van der Waals surface area contributed by atoms with Gasteiger partial charge >= 0.3 is 0 Å². The summed E-state index contributed by atoms with van der Waals surface area (Å²) < 4.78 is 13.9. The standard InChI is InChI=1S/C18H18ClFN4.HI/c1-2-22-18(23-11-14-5-3-4-6-16(14)19)24-12-15-8-7-13(10-21)9-17(15)20;/h3-9H,2,11-12H2,1H3,(H2,22,23,24);1H. The molecule has 2 N–H and O–H groups in total. The number of nitrogens with zero attached hydrogens (tertiary/aromatic N) is 2. The Labute approximate surface area is 169 Å². The fourth-order valence-electron chi connectivity index (χ4n) is 2.07. The summed E-state index contributed by atoms with van der Waals surface area (Å²) in [4.78, 5) is 4.46. The number of rotatable bonds is 5.